The van der Waals surface area contributed by atoms with Gasteiger partial charge in [-0.3, -0.25) is 47.6 Å². The third-order valence-electron chi connectivity index (χ3n) is 13.2. The third-order valence-corrected chi connectivity index (χ3v) is 13.2. The summed E-state index contributed by atoms with van der Waals surface area (Å²) >= 11 is 0. The van der Waals surface area contributed by atoms with Crippen LogP contribution in [-0.2, 0) is 32.9 Å². The lowest BCUT2D eigenvalue weighted by molar-refractivity contribution is 0.0289. The molecule has 1 aliphatic carbocycles. The van der Waals surface area contributed by atoms with Gasteiger partial charge in [-0.1, -0.05) is 23.3 Å². The van der Waals surface area contributed by atoms with E-state index in [1.54, 1.807) is 66.0 Å². The van der Waals surface area contributed by atoms with E-state index in [4.69, 9.17) is 14.7 Å². The van der Waals surface area contributed by atoms with Gasteiger partial charge in [-0.05, 0) is 88.6 Å². The summed E-state index contributed by atoms with van der Waals surface area (Å²) in [7, 11) is 7.17. The number of hydrogen-bond donors (Lipinski definition) is 0. The Balaban J connectivity index is 0.000000166. The lowest BCUT2D eigenvalue weighted by atomic mass is 10.1. The Kier molecular flexibility index (Phi) is 12.2. The predicted molar refractivity (Wildman–Crippen MR) is 273 cm³/mol. The van der Waals surface area contributed by atoms with Crippen molar-refractivity contribution in [2.45, 2.75) is 70.6 Å². The smallest absolute Gasteiger partial charge is 0.410 e. The molecule has 368 valence electrons. The second-order valence-corrected chi connectivity index (χ2v) is 19.3. The fourth-order valence-corrected chi connectivity index (χ4v) is 9.70. The van der Waals surface area contributed by atoms with E-state index in [1.807, 2.05) is 101 Å². The molecule has 0 N–H and O–H groups in total. The number of aromatic nitrogens is 16. The highest BCUT2D eigenvalue weighted by Crippen LogP contribution is 2.35. The lowest BCUT2D eigenvalue weighted by Gasteiger charge is -2.24. The zero-order valence-corrected chi connectivity index (χ0v) is 41.6. The summed E-state index contributed by atoms with van der Waals surface area (Å²) < 4.78 is 15.8. The number of halogens is 1. The first-order valence-electron chi connectivity index (χ1n) is 23.6. The summed E-state index contributed by atoms with van der Waals surface area (Å²) in [6.45, 7) is 6.41. The van der Waals surface area contributed by atoms with E-state index in [9.17, 15) is 14.4 Å². The molecule has 0 radical (unpaired) electrons. The number of imidazole rings is 2. The number of amides is 1. The van der Waals surface area contributed by atoms with Crippen molar-refractivity contribution < 1.29 is 9.53 Å². The van der Waals surface area contributed by atoms with Gasteiger partial charge in [0.05, 0.1) is 86.7 Å². The normalized spacial score (nSPS) is 15.2. The molecule has 1 atom stereocenters. The Hall–Kier alpha value is -8.20. The highest BCUT2D eigenvalue weighted by atomic mass is 35.5. The van der Waals surface area contributed by atoms with Crippen LogP contribution in [0.4, 0.5) is 4.79 Å². The molecule has 72 heavy (non-hydrogen) atoms. The van der Waals surface area contributed by atoms with Crippen LogP contribution in [0.25, 0.3) is 89.4 Å². The van der Waals surface area contributed by atoms with Crippen molar-refractivity contribution >= 4 is 62.6 Å². The van der Waals surface area contributed by atoms with Crippen molar-refractivity contribution in [3.05, 3.63) is 107 Å². The molecule has 10 aromatic rings. The molecule has 1 saturated carbocycles. The van der Waals surface area contributed by atoms with Gasteiger partial charge in [0.25, 0.3) is 0 Å². The molecule has 1 saturated heterocycles. The van der Waals surface area contributed by atoms with Crippen molar-refractivity contribution in [3.8, 4) is 45.3 Å². The Morgan fingerprint density at radius 1 is 0.583 bits per heavy atom. The van der Waals surface area contributed by atoms with E-state index in [2.05, 4.69) is 40.6 Å². The summed E-state index contributed by atoms with van der Waals surface area (Å²) in [5.41, 5.74) is 11.2. The van der Waals surface area contributed by atoms with Crippen LogP contribution in [0.2, 0.25) is 0 Å². The molecule has 0 bridgehead atoms. The second-order valence-electron chi connectivity index (χ2n) is 19.3. The molecular formula is C50H52ClN17O4. The van der Waals surface area contributed by atoms with Gasteiger partial charge in [0.15, 0.2) is 0 Å². The maximum Gasteiger partial charge on any atom is 0.410 e. The fourth-order valence-electron chi connectivity index (χ4n) is 9.70. The minimum Gasteiger partial charge on any atom is -0.444 e. The average molecular weight is 991 g/mol. The molecular weight excluding hydrogens is 938 g/mol. The van der Waals surface area contributed by atoms with Crippen LogP contribution in [0.1, 0.15) is 65.0 Å². The highest BCUT2D eigenvalue weighted by molar-refractivity contribution is 6.01. The van der Waals surface area contributed by atoms with Crippen LogP contribution >= 0.6 is 12.4 Å². The molecule has 0 aromatic carbocycles. The summed E-state index contributed by atoms with van der Waals surface area (Å²) in [6.07, 6.45) is 15.3. The van der Waals surface area contributed by atoms with Crippen molar-refractivity contribution in [1.29, 1.82) is 0 Å². The zero-order valence-electron chi connectivity index (χ0n) is 40.8. The SMILES string of the molecule is Cl.Cn1cc(-c2ccc(-c3ccc4ncc5c(c4n3)n(C3CCCC3)c(=O)n5C)cn2)nn1.Cn1cc(-c2ccc(-c3ccc4ncc5c(c4n3)n([C@H]3CCN(C(=O)OC(C)(C)C)C3)c(=O)n5C)cn2)nn1. The number of ether oxygens (including phenoxy) is 1. The molecule has 2 aliphatic rings. The van der Waals surface area contributed by atoms with E-state index < -0.39 is 5.60 Å². The molecule has 10 aromatic heterocycles. The van der Waals surface area contributed by atoms with Crippen LogP contribution in [0.5, 0.6) is 0 Å². The largest absolute Gasteiger partial charge is 0.444 e. The number of nitrogens with zero attached hydrogens (tertiary/aromatic N) is 17. The number of carbonyl (C=O) groups is 1. The van der Waals surface area contributed by atoms with Gasteiger partial charge in [-0.15, -0.1) is 22.6 Å². The van der Waals surface area contributed by atoms with Gasteiger partial charge in [-0.25, -0.2) is 24.4 Å². The zero-order chi connectivity index (χ0) is 49.3. The van der Waals surface area contributed by atoms with Crippen molar-refractivity contribution in [1.82, 2.24) is 83.1 Å². The minimum atomic E-state index is -0.588. The van der Waals surface area contributed by atoms with Crippen molar-refractivity contribution in [2.24, 2.45) is 28.2 Å². The molecule has 21 nitrogen and oxygen atoms in total. The first-order valence-corrected chi connectivity index (χ1v) is 23.6. The molecule has 2 fully saturated rings. The molecule has 0 unspecified atom stereocenters. The summed E-state index contributed by atoms with van der Waals surface area (Å²) in [5, 5.41) is 16.2. The average Bonchev–Trinajstić information content (AvgIpc) is 4.26. The Morgan fingerprint density at radius 2 is 1.06 bits per heavy atom. The number of fused-ring (bicyclic) bond motifs is 6. The standard InChI is InChI=1S/C27H29N9O3.C23H22N8O.ClH/c1-27(2,3)39-26(38)35-11-10-17(14-35)36-24-22(34(5)25(36)37)13-29-20-9-8-18(30-23(20)24)16-6-7-19(28-12-16)21-15-33(4)32-31-21;1-29-13-19(27-28-29)17-8-7-14(11-24-17)16-9-10-18-21(26-16)22-20(12-25-18)30(2)23(32)31(22)15-5-3-4-6-15;/h6-9,12-13,15,17H,10-11,14H2,1-5H3;7-13,15H,3-6H2,1-2H3;1H/t17-;;/m0../s1. The monoisotopic (exact) mass is 989 g/mol. The quantitative estimate of drug-likeness (QED) is 0.164. The number of aryl methyl sites for hydroxylation is 4. The molecule has 1 amide bonds. The topological polar surface area (TPSA) is 222 Å². The first kappa shape index (κ1) is 47.5. The van der Waals surface area contributed by atoms with E-state index in [0.29, 0.717) is 58.7 Å². The predicted octanol–water partition coefficient (Wildman–Crippen LogP) is 7.00. The molecule has 1 aliphatic heterocycles. The first-order chi connectivity index (χ1) is 34.2. The van der Waals surface area contributed by atoms with E-state index >= 15 is 0 Å². The molecule has 22 heteroatoms. The summed E-state index contributed by atoms with van der Waals surface area (Å²) in [4.78, 5) is 69.1. The van der Waals surface area contributed by atoms with Crippen LogP contribution in [0.3, 0.4) is 0 Å². The lowest BCUT2D eigenvalue weighted by Crippen LogP contribution is -2.36. The maximum atomic E-state index is 13.5. The minimum absolute atomic E-state index is 0. The van der Waals surface area contributed by atoms with Crippen LogP contribution in [0.15, 0.2) is 95.3 Å². The highest BCUT2D eigenvalue weighted by Gasteiger charge is 2.34. The Labute approximate surface area is 417 Å². The van der Waals surface area contributed by atoms with Crippen LogP contribution in [0, 0.1) is 0 Å². The maximum absolute atomic E-state index is 13.5. The number of carbonyl (C=O) groups excluding carboxylic acids is 1. The van der Waals surface area contributed by atoms with Gasteiger partial charge in [-0.2, -0.15) is 0 Å². The van der Waals surface area contributed by atoms with Gasteiger partial charge in [0, 0.05) is 70.8 Å². The summed E-state index contributed by atoms with van der Waals surface area (Å²) in [5.74, 6) is 0. The Bertz CT molecular complexity index is 3800. The van der Waals surface area contributed by atoms with Gasteiger partial charge in [0.1, 0.15) is 28.0 Å². The van der Waals surface area contributed by atoms with Gasteiger partial charge < -0.3 is 9.64 Å². The fraction of sp³-hybridized carbons (Fsp3) is 0.340. The Morgan fingerprint density at radius 3 is 1.49 bits per heavy atom. The molecule has 12 rings (SSSR count). The number of likely N-dealkylation sites (tertiary alicyclic amines) is 1. The second kappa shape index (κ2) is 18.5. The molecule has 11 heterocycles. The third kappa shape index (κ3) is 8.62. The van der Waals surface area contributed by atoms with Gasteiger partial charge in [0.2, 0.25) is 0 Å². The van der Waals surface area contributed by atoms with Crippen LogP contribution < -0.4 is 11.4 Å². The van der Waals surface area contributed by atoms with Crippen LogP contribution in [-0.4, -0.2) is 108 Å². The number of pyridine rings is 6. The van der Waals surface area contributed by atoms with Gasteiger partial charge >= 0.3 is 17.5 Å². The van der Waals surface area contributed by atoms with E-state index in [-0.39, 0.29) is 42.0 Å². The van der Waals surface area contributed by atoms with Crippen molar-refractivity contribution in [3.63, 3.8) is 0 Å². The van der Waals surface area contributed by atoms with E-state index in [0.717, 1.165) is 76.0 Å². The van der Waals surface area contributed by atoms with Crippen molar-refractivity contribution in [2.75, 3.05) is 13.1 Å². The molecule has 0 spiro atoms. The summed E-state index contributed by atoms with van der Waals surface area (Å²) in [6, 6.07) is 15.4. The number of rotatable bonds is 6. The van der Waals surface area contributed by atoms with E-state index in [1.165, 1.54) is 0 Å². The number of hydrogen-bond acceptors (Lipinski definition) is 14.